The van der Waals surface area contributed by atoms with Crippen LogP contribution in [0.15, 0.2) is 17.1 Å². The monoisotopic (exact) mass is 355 g/mol. The zero-order valence-electron chi connectivity index (χ0n) is 16.4. The smallest absolute Gasteiger partial charge is 0.124 e. The number of fused-ring (bicyclic) bond motifs is 1. The van der Waals surface area contributed by atoms with Gasteiger partial charge in [-0.15, -0.1) is 0 Å². The zero-order chi connectivity index (χ0) is 17.9. The molecule has 1 aromatic rings. The third kappa shape index (κ3) is 4.29. The number of rotatable bonds is 8. The lowest BCUT2D eigenvalue weighted by atomic mass is 9.90. The van der Waals surface area contributed by atoms with Crippen molar-refractivity contribution in [3.8, 4) is 5.75 Å². The number of ether oxygens (including phenoxy) is 1. The van der Waals surface area contributed by atoms with E-state index in [1.54, 1.807) is 0 Å². The van der Waals surface area contributed by atoms with Crippen LogP contribution in [-0.4, -0.2) is 44.4 Å². The van der Waals surface area contributed by atoms with Crippen molar-refractivity contribution in [1.82, 2.24) is 10.2 Å². The molecule has 1 aromatic carbocycles. The van der Waals surface area contributed by atoms with Crippen LogP contribution in [0.3, 0.4) is 0 Å². The minimum atomic E-state index is 0.784. The summed E-state index contributed by atoms with van der Waals surface area (Å²) in [5, 5.41) is 3.47. The molecule has 1 saturated heterocycles. The van der Waals surface area contributed by atoms with Crippen molar-refractivity contribution in [1.29, 1.82) is 0 Å². The minimum Gasteiger partial charge on any atom is -0.493 e. The van der Waals surface area contributed by atoms with E-state index in [0.717, 1.165) is 43.7 Å². The molecule has 4 heteroatoms. The summed E-state index contributed by atoms with van der Waals surface area (Å²) in [6.45, 7) is 5.01. The Kier molecular flexibility index (Phi) is 5.60. The predicted molar refractivity (Wildman–Crippen MR) is 107 cm³/mol. The maximum Gasteiger partial charge on any atom is 0.124 e. The molecule has 0 bridgehead atoms. The largest absolute Gasteiger partial charge is 0.493 e. The highest BCUT2D eigenvalue weighted by Crippen LogP contribution is 2.35. The summed E-state index contributed by atoms with van der Waals surface area (Å²) in [5.41, 5.74) is 5.47. The number of hydrogen-bond donors (Lipinski definition) is 1. The lowest BCUT2D eigenvalue weighted by Gasteiger charge is -2.22. The summed E-state index contributed by atoms with van der Waals surface area (Å²) in [4.78, 5) is 7.17. The first kappa shape index (κ1) is 18.0. The van der Waals surface area contributed by atoms with Crippen molar-refractivity contribution in [3.63, 3.8) is 0 Å². The normalized spacial score (nSPS) is 20.3. The third-order valence-corrected chi connectivity index (χ3v) is 6.02. The van der Waals surface area contributed by atoms with Gasteiger partial charge in [0.15, 0.2) is 0 Å². The molecule has 4 rings (SSSR count). The van der Waals surface area contributed by atoms with E-state index in [1.807, 2.05) is 0 Å². The summed E-state index contributed by atoms with van der Waals surface area (Å²) >= 11 is 0. The van der Waals surface area contributed by atoms with Crippen LogP contribution in [-0.2, 0) is 13.1 Å². The van der Waals surface area contributed by atoms with E-state index in [9.17, 15) is 0 Å². The fraction of sp³-hybridized carbons (Fsp3) is 0.682. The van der Waals surface area contributed by atoms with Gasteiger partial charge >= 0.3 is 0 Å². The van der Waals surface area contributed by atoms with Gasteiger partial charge < -0.3 is 15.0 Å². The quantitative estimate of drug-likeness (QED) is 0.774. The second-order valence-corrected chi connectivity index (χ2v) is 8.56. The molecule has 3 aliphatic rings. The van der Waals surface area contributed by atoms with Crippen LogP contribution in [0, 0.1) is 11.8 Å². The number of piperidine rings is 1. The lowest BCUT2D eigenvalue weighted by molar-refractivity contribution is 0.290. The number of aliphatic imine (C=N–C) groups is 1. The van der Waals surface area contributed by atoms with Gasteiger partial charge in [-0.3, -0.25) is 4.99 Å². The SMILES string of the molecule is CN(C)Cc1c(OCC2CC2)ccc2c1CN=C2CCC1CCNCC1. The molecule has 0 atom stereocenters. The molecule has 1 N–H and O–H groups in total. The molecule has 2 aliphatic heterocycles. The Hall–Kier alpha value is -1.39. The highest BCUT2D eigenvalue weighted by atomic mass is 16.5. The molecule has 4 nitrogen and oxygen atoms in total. The summed E-state index contributed by atoms with van der Waals surface area (Å²) in [5.74, 6) is 2.73. The molecular weight excluding hydrogens is 322 g/mol. The lowest BCUT2D eigenvalue weighted by Crippen LogP contribution is -2.28. The minimum absolute atomic E-state index is 0.784. The standard InChI is InChI=1S/C22H33N3O/c1-25(2)14-20-19-13-24-21(7-5-16-9-11-23-12-10-16)18(19)6-8-22(20)26-15-17-3-4-17/h6,8,16-17,23H,3-5,7,9-15H2,1-2H3. The van der Waals surface area contributed by atoms with E-state index in [2.05, 4.69) is 36.4 Å². The highest BCUT2D eigenvalue weighted by molar-refractivity contribution is 6.04. The van der Waals surface area contributed by atoms with Crippen LogP contribution in [0.25, 0.3) is 0 Å². The van der Waals surface area contributed by atoms with Crippen LogP contribution in [0.5, 0.6) is 5.75 Å². The number of nitrogens with one attached hydrogen (secondary N) is 1. The molecule has 2 heterocycles. The molecule has 0 spiro atoms. The maximum absolute atomic E-state index is 6.19. The van der Waals surface area contributed by atoms with Gasteiger partial charge in [0, 0.05) is 23.4 Å². The first-order valence-corrected chi connectivity index (χ1v) is 10.4. The van der Waals surface area contributed by atoms with Crippen LogP contribution in [0.1, 0.15) is 55.2 Å². The van der Waals surface area contributed by atoms with Crippen LogP contribution >= 0.6 is 0 Å². The number of nitrogens with zero attached hydrogens (tertiary/aromatic N) is 2. The van der Waals surface area contributed by atoms with Crippen molar-refractivity contribution in [2.75, 3.05) is 33.8 Å². The third-order valence-electron chi connectivity index (χ3n) is 6.02. The van der Waals surface area contributed by atoms with Gasteiger partial charge in [-0.05, 0) is 95.2 Å². The van der Waals surface area contributed by atoms with E-state index in [0.29, 0.717) is 0 Å². The Labute approximate surface area is 158 Å². The molecule has 2 fully saturated rings. The van der Waals surface area contributed by atoms with Gasteiger partial charge in [0.05, 0.1) is 13.2 Å². The average Bonchev–Trinajstić information content (AvgIpc) is 3.38. The molecule has 26 heavy (non-hydrogen) atoms. The molecule has 0 unspecified atom stereocenters. The summed E-state index contributed by atoms with van der Waals surface area (Å²) in [6.07, 6.45) is 7.71. The van der Waals surface area contributed by atoms with E-state index < -0.39 is 0 Å². The predicted octanol–water partition coefficient (Wildman–Crippen LogP) is 3.62. The van der Waals surface area contributed by atoms with Gasteiger partial charge in [0.2, 0.25) is 0 Å². The first-order chi connectivity index (χ1) is 12.7. The van der Waals surface area contributed by atoms with Crippen molar-refractivity contribution in [3.05, 3.63) is 28.8 Å². The molecule has 0 radical (unpaired) electrons. The fourth-order valence-electron chi connectivity index (χ4n) is 4.22. The van der Waals surface area contributed by atoms with Crippen molar-refractivity contribution < 1.29 is 4.74 Å². The zero-order valence-corrected chi connectivity index (χ0v) is 16.4. The molecule has 142 valence electrons. The van der Waals surface area contributed by atoms with E-state index in [1.165, 1.54) is 67.6 Å². The van der Waals surface area contributed by atoms with E-state index in [4.69, 9.17) is 9.73 Å². The summed E-state index contributed by atoms with van der Waals surface area (Å²) in [7, 11) is 4.27. The number of benzene rings is 1. The van der Waals surface area contributed by atoms with Crippen LogP contribution in [0.2, 0.25) is 0 Å². The van der Waals surface area contributed by atoms with Gasteiger partial charge in [-0.1, -0.05) is 0 Å². The topological polar surface area (TPSA) is 36.9 Å². The Bertz CT molecular complexity index is 658. The van der Waals surface area contributed by atoms with Crippen molar-refractivity contribution >= 4 is 5.71 Å². The molecule has 0 aromatic heterocycles. The van der Waals surface area contributed by atoms with E-state index >= 15 is 0 Å². The Morgan fingerprint density at radius 1 is 1.12 bits per heavy atom. The highest BCUT2D eigenvalue weighted by Gasteiger charge is 2.26. The van der Waals surface area contributed by atoms with Gasteiger partial charge in [0.1, 0.15) is 5.75 Å². The van der Waals surface area contributed by atoms with Gasteiger partial charge in [0.25, 0.3) is 0 Å². The van der Waals surface area contributed by atoms with Gasteiger partial charge in [-0.25, -0.2) is 0 Å². The Morgan fingerprint density at radius 3 is 2.65 bits per heavy atom. The van der Waals surface area contributed by atoms with Crippen LogP contribution in [0.4, 0.5) is 0 Å². The van der Waals surface area contributed by atoms with E-state index in [-0.39, 0.29) is 0 Å². The van der Waals surface area contributed by atoms with Crippen molar-refractivity contribution in [2.45, 2.75) is 51.6 Å². The second-order valence-electron chi connectivity index (χ2n) is 8.56. The fourth-order valence-corrected chi connectivity index (χ4v) is 4.22. The first-order valence-electron chi connectivity index (χ1n) is 10.4. The molecule has 0 amide bonds. The summed E-state index contributed by atoms with van der Waals surface area (Å²) in [6, 6.07) is 4.47. The average molecular weight is 356 g/mol. The molecule has 1 aliphatic carbocycles. The van der Waals surface area contributed by atoms with Crippen molar-refractivity contribution in [2.24, 2.45) is 16.8 Å². The molecule has 1 saturated carbocycles. The Balaban J connectivity index is 1.47. The van der Waals surface area contributed by atoms with Gasteiger partial charge in [-0.2, -0.15) is 0 Å². The summed E-state index contributed by atoms with van der Waals surface area (Å²) < 4.78 is 6.19. The number of hydrogen-bond acceptors (Lipinski definition) is 4. The second kappa shape index (κ2) is 8.10. The Morgan fingerprint density at radius 2 is 1.92 bits per heavy atom. The molecular formula is C22H33N3O. The maximum atomic E-state index is 6.19. The van der Waals surface area contributed by atoms with Crippen LogP contribution < -0.4 is 10.1 Å².